The normalized spacial score (nSPS) is 12.5. The summed E-state index contributed by atoms with van der Waals surface area (Å²) in [5.74, 6) is 1.86. The predicted octanol–water partition coefficient (Wildman–Crippen LogP) is 5.48. The van der Waals surface area contributed by atoms with Crippen molar-refractivity contribution in [3.8, 4) is 11.5 Å². The number of carbonyl (C=O) groups excluding carboxylic acids is 1. The minimum absolute atomic E-state index is 0.0751. The Kier molecular flexibility index (Phi) is 4.80. The molecule has 152 valence electrons. The van der Waals surface area contributed by atoms with Crippen molar-refractivity contribution in [2.75, 3.05) is 10.2 Å². The molecule has 2 aromatic carbocycles. The van der Waals surface area contributed by atoms with E-state index < -0.39 is 0 Å². The van der Waals surface area contributed by atoms with Crippen molar-refractivity contribution < 1.29 is 9.53 Å². The summed E-state index contributed by atoms with van der Waals surface area (Å²) in [5.41, 5.74) is 4.36. The van der Waals surface area contributed by atoms with Crippen molar-refractivity contribution in [1.82, 2.24) is 9.97 Å². The highest BCUT2D eigenvalue weighted by molar-refractivity contribution is 6.10. The lowest BCUT2D eigenvalue weighted by Gasteiger charge is -2.15. The quantitative estimate of drug-likeness (QED) is 0.473. The molecule has 0 fully saturated rings. The average Bonchev–Trinajstić information content (AvgIpc) is 3.11. The fourth-order valence-corrected chi connectivity index (χ4v) is 3.59. The number of amides is 1. The van der Waals surface area contributed by atoms with Crippen molar-refractivity contribution in [2.45, 2.75) is 13.5 Å². The molecule has 1 aliphatic rings. The van der Waals surface area contributed by atoms with Crippen LogP contribution in [0.15, 0.2) is 85.2 Å². The van der Waals surface area contributed by atoms with Gasteiger partial charge in [0, 0.05) is 41.1 Å². The molecule has 1 aliphatic heterocycles. The Labute approximate surface area is 180 Å². The van der Waals surface area contributed by atoms with E-state index in [0.717, 1.165) is 28.4 Å². The monoisotopic (exact) mass is 408 g/mol. The number of benzene rings is 2. The Hall–Kier alpha value is -4.19. The van der Waals surface area contributed by atoms with Crippen LogP contribution in [0.25, 0.3) is 0 Å². The fraction of sp³-hybridized carbons (Fsp3) is 0.0800. The summed E-state index contributed by atoms with van der Waals surface area (Å²) < 4.78 is 5.89. The minimum Gasteiger partial charge on any atom is -0.457 e. The van der Waals surface area contributed by atoms with Crippen molar-refractivity contribution in [3.63, 3.8) is 0 Å². The van der Waals surface area contributed by atoms with Crippen molar-refractivity contribution in [1.29, 1.82) is 0 Å². The summed E-state index contributed by atoms with van der Waals surface area (Å²) in [4.78, 5) is 23.4. The maximum atomic E-state index is 13.1. The van der Waals surface area contributed by atoms with Crippen LogP contribution in [0.3, 0.4) is 0 Å². The van der Waals surface area contributed by atoms with Gasteiger partial charge in [0.25, 0.3) is 5.91 Å². The van der Waals surface area contributed by atoms with E-state index in [1.807, 2.05) is 67.6 Å². The Morgan fingerprint density at radius 2 is 1.68 bits per heavy atom. The number of nitrogens with zero attached hydrogens (tertiary/aromatic N) is 3. The lowest BCUT2D eigenvalue weighted by Crippen LogP contribution is -2.23. The van der Waals surface area contributed by atoms with Gasteiger partial charge in [0.2, 0.25) is 0 Å². The average molecular weight is 408 g/mol. The predicted molar refractivity (Wildman–Crippen MR) is 120 cm³/mol. The first kappa shape index (κ1) is 18.8. The molecule has 0 bridgehead atoms. The zero-order valence-electron chi connectivity index (χ0n) is 16.9. The van der Waals surface area contributed by atoms with Crippen molar-refractivity contribution in [2.24, 2.45) is 0 Å². The van der Waals surface area contributed by atoms with Gasteiger partial charge in [-0.15, -0.1) is 0 Å². The molecule has 5 rings (SSSR count). The number of hydrogen-bond acceptors (Lipinski definition) is 5. The van der Waals surface area contributed by atoms with E-state index >= 15 is 0 Å². The highest BCUT2D eigenvalue weighted by Crippen LogP contribution is 2.32. The summed E-state index contributed by atoms with van der Waals surface area (Å²) in [5, 5.41) is 3.34. The lowest BCUT2D eigenvalue weighted by molar-refractivity contribution is 0.0996. The van der Waals surface area contributed by atoms with E-state index in [2.05, 4.69) is 15.3 Å². The minimum atomic E-state index is -0.0751. The third-order valence-electron chi connectivity index (χ3n) is 5.07. The smallest absolute Gasteiger partial charge is 0.260 e. The van der Waals surface area contributed by atoms with Gasteiger partial charge in [-0.2, -0.15) is 0 Å². The molecule has 31 heavy (non-hydrogen) atoms. The molecule has 6 heteroatoms. The molecule has 3 heterocycles. The number of fused-ring (bicyclic) bond motifs is 1. The topological polar surface area (TPSA) is 67.4 Å². The van der Waals surface area contributed by atoms with Crippen molar-refractivity contribution in [3.05, 3.63) is 102 Å². The van der Waals surface area contributed by atoms with Crippen LogP contribution < -0.4 is 15.0 Å². The van der Waals surface area contributed by atoms with Gasteiger partial charge in [-0.1, -0.05) is 24.3 Å². The summed E-state index contributed by atoms with van der Waals surface area (Å²) in [6.07, 6.45) is 3.41. The van der Waals surface area contributed by atoms with Crippen LogP contribution in [-0.2, 0) is 6.54 Å². The standard InChI is InChI=1S/C25H20N4O2/c1-17-13-20(9-11-26-17)28-19-8-7-18-16-29(25(30)23(18)14-19)24-15-22(10-12-27-24)31-21-5-3-2-4-6-21/h2-15H,16H2,1H3,(H,26,28). The van der Waals surface area contributed by atoms with Gasteiger partial charge < -0.3 is 10.1 Å². The molecule has 6 nitrogen and oxygen atoms in total. The Bertz CT molecular complexity index is 1260. The van der Waals surface area contributed by atoms with Gasteiger partial charge in [0.15, 0.2) is 0 Å². The van der Waals surface area contributed by atoms with E-state index in [-0.39, 0.29) is 5.91 Å². The second kappa shape index (κ2) is 7.91. The molecule has 0 radical (unpaired) electrons. The number of anilines is 3. The Morgan fingerprint density at radius 3 is 2.52 bits per heavy atom. The van der Waals surface area contributed by atoms with E-state index in [0.29, 0.717) is 23.7 Å². The third-order valence-corrected chi connectivity index (χ3v) is 5.07. The van der Waals surface area contributed by atoms with Crippen LogP contribution in [0.4, 0.5) is 17.2 Å². The Morgan fingerprint density at radius 1 is 0.871 bits per heavy atom. The first-order valence-corrected chi connectivity index (χ1v) is 9.99. The third kappa shape index (κ3) is 3.96. The number of rotatable bonds is 5. The molecule has 2 aromatic heterocycles. The second-order valence-electron chi connectivity index (χ2n) is 7.34. The van der Waals surface area contributed by atoms with Crippen LogP contribution in [-0.4, -0.2) is 15.9 Å². The first-order valence-electron chi connectivity index (χ1n) is 9.99. The number of para-hydroxylation sites is 1. The summed E-state index contributed by atoms with van der Waals surface area (Å²) in [6.45, 7) is 2.42. The number of nitrogens with one attached hydrogen (secondary N) is 1. The second-order valence-corrected chi connectivity index (χ2v) is 7.34. The van der Waals surface area contributed by atoms with E-state index in [9.17, 15) is 4.79 Å². The molecule has 0 saturated carbocycles. The fourth-order valence-electron chi connectivity index (χ4n) is 3.59. The highest BCUT2D eigenvalue weighted by Gasteiger charge is 2.29. The molecule has 0 aliphatic carbocycles. The molecule has 0 saturated heterocycles. The number of hydrogen-bond donors (Lipinski definition) is 1. The maximum Gasteiger partial charge on any atom is 0.260 e. The molecule has 1 amide bonds. The number of aryl methyl sites for hydroxylation is 1. The molecule has 0 atom stereocenters. The van der Waals surface area contributed by atoms with Crippen LogP contribution in [0, 0.1) is 6.92 Å². The zero-order chi connectivity index (χ0) is 21.2. The van der Waals surface area contributed by atoms with Crippen LogP contribution in [0.5, 0.6) is 11.5 Å². The number of carbonyl (C=O) groups is 1. The van der Waals surface area contributed by atoms with Gasteiger partial charge >= 0.3 is 0 Å². The lowest BCUT2D eigenvalue weighted by atomic mass is 10.1. The Balaban J connectivity index is 1.37. The SMILES string of the molecule is Cc1cc(Nc2ccc3c(c2)C(=O)N(c2cc(Oc4ccccc4)ccn2)C3)ccn1. The first-order chi connectivity index (χ1) is 15.2. The van der Waals surface area contributed by atoms with Crippen LogP contribution in [0.2, 0.25) is 0 Å². The number of aromatic nitrogens is 2. The van der Waals surface area contributed by atoms with Crippen molar-refractivity contribution >= 4 is 23.1 Å². The van der Waals surface area contributed by atoms with E-state index in [4.69, 9.17) is 4.74 Å². The van der Waals surface area contributed by atoms with E-state index in [1.165, 1.54) is 0 Å². The molecule has 1 N–H and O–H groups in total. The maximum absolute atomic E-state index is 13.1. The summed E-state index contributed by atoms with van der Waals surface area (Å²) in [6, 6.07) is 22.8. The van der Waals surface area contributed by atoms with Gasteiger partial charge in [-0.3, -0.25) is 14.7 Å². The number of ether oxygens (including phenoxy) is 1. The number of pyridine rings is 2. The summed E-state index contributed by atoms with van der Waals surface area (Å²) >= 11 is 0. The zero-order valence-corrected chi connectivity index (χ0v) is 16.9. The van der Waals surface area contributed by atoms with Gasteiger partial charge in [0.05, 0.1) is 6.54 Å². The molecule has 0 spiro atoms. The van der Waals surface area contributed by atoms with Gasteiger partial charge in [0.1, 0.15) is 17.3 Å². The van der Waals surface area contributed by atoms with Gasteiger partial charge in [-0.25, -0.2) is 4.98 Å². The van der Waals surface area contributed by atoms with Crippen LogP contribution in [0.1, 0.15) is 21.6 Å². The molecule has 0 unspecified atom stereocenters. The largest absolute Gasteiger partial charge is 0.457 e. The summed E-state index contributed by atoms with van der Waals surface area (Å²) in [7, 11) is 0. The van der Waals surface area contributed by atoms with Crippen LogP contribution >= 0.6 is 0 Å². The molecular formula is C25H20N4O2. The van der Waals surface area contributed by atoms with Gasteiger partial charge in [-0.05, 0) is 55.0 Å². The van der Waals surface area contributed by atoms with E-state index in [1.54, 1.807) is 29.4 Å². The highest BCUT2D eigenvalue weighted by atomic mass is 16.5. The molecular weight excluding hydrogens is 388 g/mol. The molecule has 4 aromatic rings.